The van der Waals surface area contributed by atoms with Gasteiger partial charge < -0.3 is 15.0 Å². The maximum absolute atomic E-state index is 12.5. The van der Waals surface area contributed by atoms with Gasteiger partial charge in [0.2, 0.25) is 0 Å². The number of hydrogen-bond acceptors (Lipinski definition) is 5. The van der Waals surface area contributed by atoms with E-state index in [-0.39, 0.29) is 11.6 Å². The number of anilines is 1. The molecular weight excluding hydrogens is 370 g/mol. The van der Waals surface area contributed by atoms with Crippen LogP contribution < -0.4 is 15.0 Å². The van der Waals surface area contributed by atoms with Crippen molar-refractivity contribution in [2.24, 2.45) is 5.92 Å². The Morgan fingerprint density at radius 2 is 2.03 bits per heavy atom. The second kappa shape index (κ2) is 9.41. The molecule has 0 aromatic heterocycles. The van der Waals surface area contributed by atoms with E-state index in [9.17, 15) is 14.9 Å². The van der Waals surface area contributed by atoms with Crippen molar-refractivity contribution in [1.29, 1.82) is 0 Å². The second-order valence-corrected chi connectivity index (χ2v) is 7.51. The number of ether oxygens (including phenoxy) is 1. The third-order valence-corrected chi connectivity index (χ3v) is 5.29. The predicted molar refractivity (Wildman–Crippen MR) is 113 cm³/mol. The minimum atomic E-state index is -0.400. The summed E-state index contributed by atoms with van der Waals surface area (Å²) in [6.45, 7) is 4.21. The third-order valence-electron chi connectivity index (χ3n) is 5.29. The standard InChI is InChI=1S/C22H27N3O4/c1-16-4-3-13-24(15-16)20-10-7-18(14-21(20)25(27)28)22(26)23-12-11-17-5-8-19(29-2)9-6-17/h5-10,14,16H,3-4,11-13,15H2,1-2H3,(H,23,26)/t16-/m0/s1. The molecule has 7 nitrogen and oxygen atoms in total. The van der Waals surface area contributed by atoms with Crippen LogP contribution in [0.3, 0.4) is 0 Å². The second-order valence-electron chi connectivity index (χ2n) is 7.51. The number of benzene rings is 2. The zero-order chi connectivity index (χ0) is 20.8. The van der Waals surface area contributed by atoms with Gasteiger partial charge in [0.05, 0.1) is 12.0 Å². The fourth-order valence-electron chi connectivity index (χ4n) is 3.70. The zero-order valence-corrected chi connectivity index (χ0v) is 16.9. The van der Waals surface area contributed by atoms with Crippen molar-refractivity contribution in [3.63, 3.8) is 0 Å². The number of carbonyl (C=O) groups excluding carboxylic acids is 1. The van der Waals surface area contributed by atoms with Crippen LogP contribution in [0, 0.1) is 16.0 Å². The molecule has 7 heteroatoms. The van der Waals surface area contributed by atoms with E-state index in [1.54, 1.807) is 19.2 Å². The summed E-state index contributed by atoms with van der Waals surface area (Å²) in [6.07, 6.45) is 2.83. The van der Waals surface area contributed by atoms with Gasteiger partial charge in [-0.25, -0.2) is 0 Å². The van der Waals surface area contributed by atoms with E-state index in [0.29, 0.717) is 30.1 Å². The van der Waals surface area contributed by atoms with Crippen molar-refractivity contribution in [2.75, 3.05) is 31.6 Å². The van der Waals surface area contributed by atoms with Crippen LogP contribution in [0.15, 0.2) is 42.5 Å². The van der Waals surface area contributed by atoms with Crippen molar-refractivity contribution in [3.8, 4) is 5.75 Å². The lowest BCUT2D eigenvalue weighted by molar-refractivity contribution is -0.384. The van der Waals surface area contributed by atoms with E-state index in [1.165, 1.54) is 6.07 Å². The monoisotopic (exact) mass is 397 g/mol. The molecule has 0 unspecified atom stereocenters. The Morgan fingerprint density at radius 1 is 1.28 bits per heavy atom. The molecule has 1 fully saturated rings. The first-order valence-corrected chi connectivity index (χ1v) is 9.92. The molecule has 1 heterocycles. The molecule has 1 N–H and O–H groups in total. The first-order chi connectivity index (χ1) is 14.0. The Bertz CT molecular complexity index is 867. The van der Waals surface area contributed by atoms with E-state index in [0.717, 1.165) is 37.2 Å². The Morgan fingerprint density at radius 3 is 2.69 bits per heavy atom. The lowest BCUT2D eigenvalue weighted by atomic mass is 9.99. The molecule has 0 spiro atoms. The molecule has 1 amide bonds. The summed E-state index contributed by atoms with van der Waals surface area (Å²) < 4.78 is 5.13. The van der Waals surface area contributed by atoms with Crippen LogP contribution in [0.5, 0.6) is 5.75 Å². The number of carbonyl (C=O) groups is 1. The van der Waals surface area contributed by atoms with Gasteiger partial charge in [0.15, 0.2) is 0 Å². The Hall–Kier alpha value is -3.09. The number of piperidine rings is 1. The molecule has 154 valence electrons. The number of hydrogen-bond donors (Lipinski definition) is 1. The number of nitrogens with zero attached hydrogens (tertiary/aromatic N) is 2. The molecule has 1 atom stereocenters. The maximum Gasteiger partial charge on any atom is 0.293 e. The van der Waals surface area contributed by atoms with Crippen LogP contribution in [-0.2, 0) is 6.42 Å². The fraction of sp³-hybridized carbons (Fsp3) is 0.409. The van der Waals surface area contributed by atoms with Crippen LogP contribution in [0.1, 0.15) is 35.7 Å². The highest BCUT2D eigenvalue weighted by Crippen LogP contribution is 2.32. The van der Waals surface area contributed by atoms with Crippen LogP contribution in [0.25, 0.3) is 0 Å². The number of rotatable bonds is 7. The summed E-state index contributed by atoms with van der Waals surface area (Å²) >= 11 is 0. The molecule has 29 heavy (non-hydrogen) atoms. The van der Waals surface area contributed by atoms with Gasteiger partial charge >= 0.3 is 0 Å². The molecule has 2 aromatic rings. The van der Waals surface area contributed by atoms with E-state index in [1.807, 2.05) is 24.3 Å². The van der Waals surface area contributed by atoms with Crippen molar-refractivity contribution in [3.05, 3.63) is 63.7 Å². The Kier molecular flexibility index (Phi) is 6.69. The van der Waals surface area contributed by atoms with Crippen LogP contribution in [-0.4, -0.2) is 37.6 Å². The van der Waals surface area contributed by atoms with Gasteiger partial charge in [-0.3, -0.25) is 14.9 Å². The molecule has 0 saturated carbocycles. The number of methoxy groups -OCH3 is 1. The zero-order valence-electron chi connectivity index (χ0n) is 16.9. The molecule has 0 bridgehead atoms. The summed E-state index contributed by atoms with van der Waals surface area (Å²) in [4.78, 5) is 25.7. The SMILES string of the molecule is COc1ccc(CCNC(=O)c2ccc(N3CCC[C@H](C)C3)c([N+](=O)[O-])c2)cc1. The largest absolute Gasteiger partial charge is 0.497 e. The fourth-order valence-corrected chi connectivity index (χ4v) is 3.70. The average Bonchev–Trinajstić information content (AvgIpc) is 2.73. The van der Waals surface area contributed by atoms with E-state index in [4.69, 9.17) is 4.74 Å². The van der Waals surface area contributed by atoms with Gasteiger partial charge in [-0.05, 0) is 55.0 Å². The molecule has 1 aliphatic heterocycles. The summed E-state index contributed by atoms with van der Waals surface area (Å²) in [5, 5.41) is 14.5. The van der Waals surface area contributed by atoms with E-state index >= 15 is 0 Å². The van der Waals surface area contributed by atoms with Gasteiger partial charge in [-0.2, -0.15) is 0 Å². The maximum atomic E-state index is 12.5. The summed E-state index contributed by atoms with van der Waals surface area (Å²) in [6, 6.07) is 12.4. The van der Waals surface area contributed by atoms with Crippen LogP contribution in [0.2, 0.25) is 0 Å². The highest BCUT2D eigenvalue weighted by Gasteiger charge is 2.25. The van der Waals surface area contributed by atoms with Crippen molar-refractivity contribution >= 4 is 17.3 Å². The number of amides is 1. The van der Waals surface area contributed by atoms with Gasteiger partial charge in [0.1, 0.15) is 11.4 Å². The first kappa shape index (κ1) is 20.6. The van der Waals surface area contributed by atoms with E-state index < -0.39 is 4.92 Å². The average molecular weight is 397 g/mol. The molecule has 2 aromatic carbocycles. The highest BCUT2D eigenvalue weighted by atomic mass is 16.6. The topological polar surface area (TPSA) is 84.7 Å². The van der Waals surface area contributed by atoms with Crippen molar-refractivity contribution in [1.82, 2.24) is 5.32 Å². The lowest BCUT2D eigenvalue weighted by Gasteiger charge is -2.32. The molecule has 1 aliphatic rings. The normalized spacial score (nSPS) is 16.3. The van der Waals surface area contributed by atoms with Gasteiger partial charge in [0.25, 0.3) is 11.6 Å². The minimum Gasteiger partial charge on any atom is -0.497 e. The molecule has 1 saturated heterocycles. The van der Waals surface area contributed by atoms with Gasteiger partial charge in [-0.1, -0.05) is 19.1 Å². The molecule has 0 radical (unpaired) electrons. The molecular formula is C22H27N3O4. The van der Waals surface area contributed by atoms with Crippen LogP contribution >= 0.6 is 0 Å². The summed E-state index contributed by atoms with van der Waals surface area (Å²) in [7, 11) is 1.62. The molecule has 0 aliphatic carbocycles. The predicted octanol–water partition coefficient (Wildman–Crippen LogP) is 3.81. The highest BCUT2D eigenvalue weighted by molar-refractivity contribution is 5.95. The molecule has 3 rings (SSSR count). The summed E-state index contributed by atoms with van der Waals surface area (Å²) in [5.74, 6) is 0.984. The van der Waals surface area contributed by atoms with Crippen molar-refractivity contribution in [2.45, 2.75) is 26.2 Å². The minimum absolute atomic E-state index is 0.0121. The number of nitro groups is 1. The summed E-state index contributed by atoms with van der Waals surface area (Å²) in [5.41, 5.74) is 1.96. The Balaban J connectivity index is 1.65. The van der Waals surface area contributed by atoms with Gasteiger partial charge in [0, 0.05) is 31.3 Å². The first-order valence-electron chi connectivity index (χ1n) is 9.92. The van der Waals surface area contributed by atoms with Crippen molar-refractivity contribution < 1.29 is 14.5 Å². The van der Waals surface area contributed by atoms with Crippen LogP contribution in [0.4, 0.5) is 11.4 Å². The third kappa shape index (κ3) is 5.25. The number of nitro benzene ring substituents is 1. The lowest BCUT2D eigenvalue weighted by Crippen LogP contribution is -2.34. The number of nitrogens with one attached hydrogen (secondary N) is 1. The Labute approximate surface area is 170 Å². The quantitative estimate of drug-likeness (QED) is 0.567. The van der Waals surface area contributed by atoms with E-state index in [2.05, 4.69) is 17.1 Å². The van der Waals surface area contributed by atoms with Gasteiger partial charge in [-0.15, -0.1) is 0 Å². The smallest absolute Gasteiger partial charge is 0.293 e.